The minimum atomic E-state index is 0.700. The van der Waals surface area contributed by atoms with Crippen LogP contribution >= 0.6 is 0 Å². The molecule has 1 saturated carbocycles. The Labute approximate surface area is 92.1 Å². The second kappa shape index (κ2) is 4.23. The van der Waals surface area contributed by atoms with Crippen molar-refractivity contribution in [1.82, 2.24) is 4.90 Å². The molecule has 1 aromatic rings. The maximum Gasteiger partial charge on any atom is 0.0317 e. The van der Waals surface area contributed by atoms with Crippen molar-refractivity contribution in [2.75, 3.05) is 12.8 Å². The van der Waals surface area contributed by atoms with Crippen molar-refractivity contribution >= 4 is 5.69 Å². The number of benzene rings is 1. The van der Waals surface area contributed by atoms with E-state index in [1.807, 2.05) is 12.1 Å². The second-order valence-electron chi connectivity index (χ2n) is 4.74. The summed E-state index contributed by atoms with van der Waals surface area (Å²) in [5, 5.41) is 0. The molecule has 1 aliphatic carbocycles. The van der Waals surface area contributed by atoms with Gasteiger partial charge in [-0.3, -0.25) is 4.90 Å². The quantitative estimate of drug-likeness (QED) is 0.763. The molecule has 0 radical (unpaired) electrons. The number of hydrogen-bond acceptors (Lipinski definition) is 2. The zero-order valence-electron chi connectivity index (χ0n) is 9.61. The molecule has 2 N–H and O–H groups in total. The third-order valence-electron chi connectivity index (χ3n) is 3.38. The highest BCUT2D eigenvalue weighted by Crippen LogP contribution is 2.35. The Kier molecular flexibility index (Phi) is 2.96. The lowest BCUT2D eigenvalue weighted by Gasteiger charge is -2.24. The maximum absolute atomic E-state index is 5.76. The number of nitrogen functional groups attached to an aromatic ring is 1. The van der Waals surface area contributed by atoms with Crippen molar-refractivity contribution in [3.63, 3.8) is 0 Å². The topological polar surface area (TPSA) is 29.3 Å². The number of hydrogen-bond donors (Lipinski definition) is 1. The minimum absolute atomic E-state index is 0.700. The van der Waals surface area contributed by atoms with Gasteiger partial charge in [0.15, 0.2) is 0 Å². The van der Waals surface area contributed by atoms with E-state index in [1.54, 1.807) is 0 Å². The van der Waals surface area contributed by atoms with Crippen molar-refractivity contribution in [2.45, 2.75) is 32.4 Å². The molecule has 2 rings (SSSR count). The van der Waals surface area contributed by atoms with E-state index in [1.165, 1.54) is 18.4 Å². The molecule has 1 unspecified atom stereocenters. The summed E-state index contributed by atoms with van der Waals surface area (Å²) in [6, 6.07) is 8.88. The standard InChI is InChI=1S/C13H20N2/c1-10(12-6-7-12)15(2)9-11-4-3-5-13(14)8-11/h3-5,8,10,12H,6-7,9,14H2,1-2H3. The van der Waals surface area contributed by atoms with E-state index in [0.29, 0.717) is 6.04 Å². The molecule has 0 amide bonds. The molecule has 2 nitrogen and oxygen atoms in total. The van der Waals surface area contributed by atoms with Gasteiger partial charge in [0.2, 0.25) is 0 Å². The van der Waals surface area contributed by atoms with E-state index in [2.05, 4.69) is 31.0 Å². The van der Waals surface area contributed by atoms with Gasteiger partial charge >= 0.3 is 0 Å². The van der Waals surface area contributed by atoms with Crippen LogP contribution in [0.15, 0.2) is 24.3 Å². The first kappa shape index (κ1) is 10.5. The van der Waals surface area contributed by atoms with Gasteiger partial charge in [0.25, 0.3) is 0 Å². The van der Waals surface area contributed by atoms with Crippen LogP contribution in [0.4, 0.5) is 5.69 Å². The molecule has 2 heteroatoms. The van der Waals surface area contributed by atoms with Crippen molar-refractivity contribution in [3.05, 3.63) is 29.8 Å². The van der Waals surface area contributed by atoms with Gasteiger partial charge in [-0.1, -0.05) is 12.1 Å². The summed E-state index contributed by atoms with van der Waals surface area (Å²) in [5.74, 6) is 0.927. The molecule has 1 atom stereocenters. The molecule has 0 aromatic heterocycles. The van der Waals surface area contributed by atoms with E-state index >= 15 is 0 Å². The highest BCUT2D eigenvalue weighted by Gasteiger charge is 2.30. The molecule has 82 valence electrons. The van der Waals surface area contributed by atoms with Crippen LogP contribution in [0.2, 0.25) is 0 Å². The number of rotatable bonds is 4. The van der Waals surface area contributed by atoms with Crippen LogP contribution in [0.5, 0.6) is 0 Å². The summed E-state index contributed by atoms with van der Waals surface area (Å²) in [6.07, 6.45) is 2.81. The zero-order chi connectivity index (χ0) is 10.8. The van der Waals surface area contributed by atoms with Crippen LogP contribution < -0.4 is 5.73 Å². The Hall–Kier alpha value is -1.02. The predicted octanol–water partition coefficient (Wildman–Crippen LogP) is 2.50. The molecule has 0 aliphatic heterocycles. The van der Waals surface area contributed by atoms with Gasteiger partial charge in [0.1, 0.15) is 0 Å². The monoisotopic (exact) mass is 204 g/mol. The first-order chi connectivity index (χ1) is 7.16. The third kappa shape index (κ3) is 2.72. The van der Waals surface area contributed by atoms with Gasteiger partial charge in [-0.05, 0) is 50.4 Å². The molecule has 15 heavy (non-hydrogen) atoms. The van der Waals surface area contributed by atoms with Crippen molar-refractivity contribution < 1.29 is 0 Å². The molecule has 0 saturated heterocycles. The van der Waals surface area contributed by atoms with E-state index in [-0.39, 0.29) is 0 Å². The van der Waals surface area contributed by atoms with Gasteiger partial charge in [0, 0.05) is 18.3 Å². The molecule has 0 spiro atoms. The van der Waals surface area contributed by atoms with Crippen LogP contribution in [-0.2, 0) is 6.54 Å². The Morgan fingerprint density at radius 1 is 1.47 bits per heavy atom. The molecule has 0 bridgehead atoms. The SMILES string of the molecule is CC(C1CC1)N(C)Cc1cccc(N)c1. The molecular weight excluding hydrogens is 184 g/mol. The molecule has 1 aliphatic rings. The summed E-state index contributed by atoms with van der Waals surface area (Å²) >= 11 is 0. The van der Waals surface area contributed by atoms with Gasteiger partial charge in [0.05, 0.1) is 0 Å². The molecule has 0 heterocycles. The molecule has 1 aromatic carbocycles. The highest BCUT2D eigenvalue weighted by atomic mass is 15.1. The Morgan fingerprint density at radius 2 is 2.20 bits per heavy atom. The summed E-state index contributed by atoms with van der Waals surface area (Å²) in [5.41, 5.74) is 7.94. The lowest BCUT2D eigenvalue weighted by molar-refractivity contribution is 0.226. The van der Waals surface area contributed by atoms with Gasteiger partial charge in [-0.2, -0.15) is 0 Å². The Bertz CT molecular complexity index is 331. The lowest BCUT2D eigenvalue weighted by atomic mass is 10.1. The number of anilines is 1. The summed E-state index contributed by atoms with van der Waals surface area (Å²) in [6.45, 7) is 3.33. The Balaban J connectivity index is 1.95. The fraction of sp³-hybridized carbons (Fsp3) is 0.538. The van der Waals surface area contributed by atoms with Crippen LogP contribution in [0.3, 0.4) is 0 Å². The molecule has 1 fully saturated rings. The fourth-order valence-corrected chi connectivity index (χ4v) is 2.06. The molecular formula is C13H20N2. The maximum atomic E-state index is 5.76. The average molecular weight is 204 g/mol. The first-order valence-electron chi connectivity index (χ1n) is 5.71. The first-order valence-corrected chi connectivity index (χ1v) is 5.71. The zero-order valence-corrected chi connectivity index (χ0v) is 9.61. The van der Waals surface area contributed by atoms with Crippen molar-refractivity contribution in [1.29, 1.82) is 0 Å². The van der Waals surface area contributed by atoms with E-state index in [9.17, 15) is 0 Å². The van der Waals surface area contributed by atoms with E-state index in [4.69, 9.17) is 5.73 Å². The van der Waals surface area contributed by atoms with Gasteiger partial charge < -0.3 is 5.73 Å². The Morgan fingerprint density at radius 3 is 2.80 bits per heavy atom. The lowest BCUT2D eigenvalue weighted by Crippen LogP contribution is -2.30. The fourth-order valence-electron chi connectivity index (χ4n) is 2.06. The summed E-state index contributed by atoms with van der Waals surface area (Å²) < 4.78 is 0. The normalized spacial score (nSPS) is 18.1. The number of nitrogens with two attached hydrogens (primary N) is 1. The summed E-state index contributed by atoms with van der Waals surface area (Å²) in [4.78, 5) is 2.42. The van der Waals surface area contributed by atoms with Crippen molar-refractivity contribution in [2.24, 2.45) is 5.92 Å². The van der Waals surface area contributed by atoms with Crippen LogP contribution in [0.25, 0.3) is 0 Å². The summed E-state index contributed by atoms with van der Waals surface area (Å²) in [7, 11) is 2.20. The van der Waals surface area contributed by atoms with Gasteiger partial charge in [-0.15, -0.1) is 0 Å². The van der Waals surface area contributed by atoms with Crippen LogP contribution in [-0.4, -0.2) is 18.0 Å². The number of nitrogens with zero attached hydrogens (tertiary/aromatic N) is 1. The highest BCUT2D eigenvalue weighted by molar-refractivity contribution is 5.40. The largest absolute Gasteiger partial charge is 0.399 e. The van der Waals surface area contributed by atoms with Gasteiger partial charge in [-0.25, -0.2) is 0 Å². The van der Waals surface area contributed by atoms with Crippen LogP contribution in [0.1, 0.15) is 25.3 Å². The van der Waals surface area contributed by atoms with E-state index < -0.39 is 0 Å². The average Bonchev–Trinajstić information content (AvgIpc) is 2.99. The smallest absolute Gasteiger partial charge is 0.0317 e. The van der Waals surface area contributed by atoms with Crippen LogP contribution in [0, 0.1) is 5.92 Å². The third-order valence-corrected chi connectivity index (χ3v) is 3.38. The second-order valence-corrected chi connectivity index (χ2v) is 4.74. The van der Waals surface area contributed by atoms with E-state index in [0.717, 1.165) is 18.2 Å². The minimum Gasteiger partial charge on any atom is -0.399 e. The van der Waals surface area contributed by atoms with Crippen molar-refractivity contribution in [3.8, 4) is 0 Å². The predicted molar refractivity (Wildman–Crippen MR) is 64.5 cm³/mol.